The van der Waals surface area contributed by atoms with E-state index in [1.54, 1.807) is 19.1 Å². The van der Waals surface area contributed by atoms with Gasteiger partial charge in [-0.1, -0.05) is 29.3 Å². The molecule has 0 atom stereocenters. The summed E-state index contributed by atoms with van der Waals surface area (Å²) < 4.78 is 0.786. The molecule has 0 fully saturated rings. The molecule has 0 aliphatic carbocycles. The van der Waals surface area contributed by atoms with Crippen LogP contribution in [0.25, 0.3) is 0 Å². The molecule has 2 aromatic rings. The van der Waals surface area contributed by atoms with Gasteiger partial charge in [0, 0.05) is 6.07 Å². The predicted octanol–water partition coefficient (Wildman–Crippen LogP) is 4.60. The highest BCUT2D eigenvalue weighted by Crippen LogP contribution is 2.31. The van der Waals surface area contributed by atoms with Crippen molar-refractivity contribution in [2.45, 2.75) is 6.92 Å². The summed E-state index contributed by atoms with van der Waals surface area (Å²) in [6, 6.07) is 7.20. The highest BCUT2D eigenvalue weighted by atomic mass is 79.9. The second-order valence-electron chi connectivity index (χ2n) is 3.35. The molecule has 1 aromatic heterocycles. The molecule has 0 aliphatic heterocycles. The number of benzene rings is 1. The molecule has 0 radical (unpaired) electrons. The molecule has 17 heavy (non-hydrogen) atoms. The van der Waals surface area contributed by atoms with E-state index in [0.29, 0.717) is 21.8 Å². The van der Waals surface area contributed by atoms with Gasteiger partial charge in [0.15, 0.2) is 0 Å². The zero-order valence-electron chi connectivity index (χ0n) is 8.84. The van der Waals surface area contributed by atoms with Crippen LogP contribution >= 0.6 is 39.1 Å². The maximum absolute atomic E-state index is 6.00. The third-order valence-electron chi connectivity index (χ3n) is 2.02. The van der Waals surface area contributed by atoms with Gasteiger partial charge in [-0.15, -0.1) is 0 Å². The van der Waals surface area contributed by atoms with Gasteiger partial charge in [0.05, 0.1) is 15.2 Å². The van der Waals surface area contributed by atoms with Crippen molar-refractivity contribution < 1.29 is 0 Å². The number of hydrogen-bond acceptors (Lipinski definition) is 3. The lowest BCUT2D eigenvalue weighted by atomic mass is 10.3. The highest BCUT2D eigenvalue weighted by molar-refractivity contribution is 9.10. The second-order valence-corrected chi connectivity index (χ2v) is 4.94. The Hall–Kier alpha value is -0.840. The average Bonchev–Trinajstić information content (AvgIpc) is 2.23. The molecule has 88 valence electrons. The van der Waals surface area contributed by atoms with Crippen molar-refractivity contribution >= 4 is 50.6 Å². The molecule has 0 saturated heterocycles. The second kappa shape index (κ2) is 5.21. The van der Waals surface area contributed by atoms with Crippen LogP contribution in [0.15, 0.2) is 28.7 Å². The van der Waals surface area contributed by atoms with Crippen LogP contribution in [0.2, 0.25) is 10.2 Å². The molecule has 3 nitrogen and oxygen atoms in total. The molecule has 0 unspecified atom stereocenters. The Morgan fingerprint density at radius 3 is 2.71 bits per heavy atom. The van der Waals surface area contributed by atoms with Gasteiger partial charge in [-0.2, -0.15) is 0 Å². The van der Waals surface area contributed by atoms with Gasteiger partial charge in [-0.05, 0) is 35.0 Å². The third-order valence-corrected chi connectivity index (χ3v) is 3.61. The molecule has 0 bridgehead atoms. The smallest absolute Gasteiger partial charge is 0.135 e. The van der Waals surface area contributed by atoms with Crippen LogP contribution in [0, 0.1) is 6.92 Å². The first-order valence-electron chi connectivity index (χ1n) is 4.78. The van der Waals surface area contributed by atoms with E-state index in [1.165, 1.54) is 0 Å². The van der Waals surface area contributed by atoms with Gasteiger partial charge in [-0.25, -0.2) is 9.97 Å². The zero-order valence-corrected chi connectivity index (χ0v) is 11.9. The number of aryl methyl sites for hydroxylation is 1. The molecule has 1 N–H and O–H groups in total. The summed E-state index contributed by atoms with van der Waals surface area (Å²) in [7, 11) is 0. The minimum atomic E-state index is 0.401. The van der Waals surface area contributed by atoms with E-state index in [0.717, 1.165) is 10.2 Å². The summed E-state index contributed by atoms with van der Waals surface area (Å²) in [4.78, 5) is 8.22. The first-order chi connectivity index (χ1) is 8.06. The lowest BCUT2D eigenvalue weighted by molar-refractivity contribution is 1.06. The van der Waals surface area contributed by atoms with Crippen LogP contribution in [0.4, 0.5) is 11.5 Å². The summed E-state index contributed by atoms with van der Waals surface area (Å²) in [6.45, 7) is 1.78. The number of halogens is 3. The summed E-state index contributed by atoms with van der Waals surface area (Å²) in [5.74, 6) is 1.24. The average molecular weight is 333 g/mol. The maximum Gasteiger partial charge on any atom is 0.135 e. The Morgan fingerprint density at radius 1 is 1.24 bits per heavy atom. The zero-order chi connectivity index (χ0) is 12.4. The van der Waals surface area contributed by atoms with Gasteiger partial charge < -0.3 is 5.32 Å². The topological polar surface area (TPSA) is 37.8 Å². The minimum absolute atomic E-state index is 0.401. The molecule has 0 spiro atoms. The summed E-state index contributed by atoms with van der Waals surface area (Å²) in [5.41, 5.74) is 0.826. The van der Waals surface area contributed by atoms with E-state index in [4.69, 9.17) is 23.2 Å². The molecule has 1 heterocycles. The normalized spacial score (nSPS) is 10.4. The fourth-order valence-electron chi connectivity index (χ4n) is 1.33. The molecule has 0 amide bonds. The van der Waals surface area contributed by atoms with Gasteiger partial charge in [-0.3, -0.25) is 0 Å². The third kappa shape index (κ3) is 3.09. The number of rotatable bonds is 2. The number of nitrogens with one attached hydrogen (secondary N) is 1. The van der Waals surface area contributed by atoms with Crippen LogP contribution < -0.4 is 5.32 Å². The van der Waals surface area contributed by atoms with Crippen molar-refractivity contribution in [3.8, 4) is 0 Å². The molecular formula is C11H8BrCl2N3. The first kappa shape index (κ1) is 12.6. The van der Waals surface area contributed by atoms with Crippen LogP contribution in [-0.4, -0.2) is 9.97 Å². The Morgan fingerprint density at radius 2 is 2.00 bits per heavy atom. The van der Waals surface area contributed by atoms with Crippen LogP contribution in [0.5, 0.6) is 0 Å². The van der Waals surface area contributed by atoms with Gasteiger partial charge in [0.2, 0.25) is 0 Å². The van der Waals surface area contributed by atoms with Crippen LogP contribution in [0.1, 0.15) is 5.82 Å². The van der Waals surface area contributed by atoms with Crippen molar-refractivity contribution in [2.24, 2.45) is 0 Å². The molecule has 0 aliphatic rings. The molecule has 6 heteroatoms. The summed E-state index contributed by atoms with van der Waals surface area (Å²) in [6.07, 6.45) is 0. The molecule has 1 aromatic carbocycles. The molecule has 2 rings (SSSR count). The van der Waals surface area contributed by atoms with E-state index in [9.17, 15) is 0 Å². The van der Waals surface area contributed by atoms with E-state index < -0.39 is 0 Å². The first-order valence-corrected chi connectivity index (χ1v) is 6.33. The number of nitrogens with zero attached hydrogens (tertiary/aromatic N) is 2. The number of hydrogen-bond donors (Lipinski definition) is 1. The van der Waals surface area contributed by atoms with Crippen LogP contribution in [-0.2, 0) is 0 Å². The maximum atomic E-state index is 6.00. The van der Waals surface area contributed by atoms with E-state index in [1.807, 2.05) is 12.1 Å². The SMILES string of the molecule is Cc1nc(Cl)cc(Nc2cccc(Cl)c2Br)n1. The van der Waals surface area contributed by atoms with Crippen molar-refractivity contribution in [2.75, 3.05) is 5.32 Å². The Kier molecular flexibility index (Phi) is 3.86. The lowest BCUT2D eigenvalue weighted by Crippen LogP contribution is -1.98. The van der Waals surface area contributed by atoms with E-state index >= 15 is 0 Å². The van der Waals surface area contributed by atoms with Crippen molar-refractivity contribution in [1.82, 2.24) is 9.97 Å². The van der Waals surface area contributed by atoms with Crippen LogP contribution in [0.3, 0.4) is 0 Å². The predicted molar refractivity (Wildman–Crippen MR) is 74.2 cm³/mol. The molecule has 0 saturated carbocycles. The number of aromatic nitrogens is 2. The number of anilines is 2. The highest BCUT2D eigenvalue weighted by Gasteiger charge is 2.06. The van der Waals surface area contributed by atoms with E-state index in [-0.39, 0.29) is 0 Å². The van der Waals surface area contributed by atoms with Gasteiger partial charge in [0.1, 0.15) is 16.8 Å². The van der Waals surface area contributed by atoms with Crippen molar-refractivity contribution in [3.63, 3.8) is 0 Å². The molecular weight excluding hydrogens is 325 g/mol. The van der Waals surface area contributed by atoms with E-state index in [2.05, 4.69) is 31.2 Å². The Bertz CT molecular complexity index is 540. The summed E-state index contributed by atoms with van der Waals surface area (Å²) in [5, 5.41) is 4.16. The lowest BCUT2D eigenvalue weighted by Gasteiger charge is -2.09. The Balaban J connectivity index is 2.34. The Labute approximate surface area is 117 Å². The summed E-state index contributed by atoms with van der Waals surface area (Å²) >= 11 is 15.3. The van der Waals surface area contributed by atoms with Gasteiger partial charge >= 0.3 is 0 Å². The van der Waals surface area contributed by atoms with Crippen molar-refractivity contribution in [3.05, 3.63) is 44.7 Å². The quantitative estimate of drug-likeness (QED) is 0.817. The standard InChI is InChI=1S/C11H8BrCl2N3/c1-6-15-9(14)5-10(16-6)17-8-4-2-3-7(13)11(8)12/h2-5H,1H3,(H,15,16,17). The largest absolute Gasteiger partial charge is 0.339 e. The van der Waals surface area contributed by atoms with Crippen molar-refractivity contribution in [1.29, 1.82) is 0 Å². The van der Waals surface area contributed by atoms with Gasteiger partial charge in [0.25, 0.3) is 0 Å². The monoisotopic (exact) mass is 331 g/mol. The fraction of sp³-hybridized carbons (Fsp3) is 0.0909. The minimum Gasteiger partial charge on any atom is -0.339 e. The fourth-order valence-corrected chi connectivity index (χ4v) is 2.10.